The van der Waals surface area contributed by atoms with Crippen molar-refractivity contribution < 1.29 is 4.79 Å². The third-order valence-electron chi connectivity index (χ3n) is 0.755. The van der Waals surface area contributed by atoms with Gasteiger partial charge in [0.15, 0.2) is 0 Å². The normalized spacial score (nSPS) is 9.20. The van der Waals surface area contributed by atoms with Crippen molar-refractivity contribution in [2.45, 2.75) is 4.90 Å². The van der Waals surface area contributed by atoms with E-state index in [1.807, 2.05) is 0 Å². The summed E-state index contributed by atoms with van der Waals surface area (Å²) in [6.07, 6.45) is 4.45. The van der Waals surface area contributed by atoms with Crippen LogP contribution in [0.25, 0.3) is 0 Å². The van der Waals surface area contributed by atoms with Crippen molar-refractivity contribution >= 4 is 17.0 Å². The molecule has 52 valence electrons. The molecule has 2 N–H and O–H groups in total. The van der Waals surface area contributed by atoms with Crippen LogP contribution >= 0.6 is 11.8 Å². The zero-order valence-electron chi connectivity index (χ0n) is 5.02. The van der Waals surface area contributed by atoms with Gasteiger partial charge in [-0.15, -0.1) is 0 Å². The van der Waals surface area contributed by atoms with Crippen molar-refractivity contribution in [3.05, 3.63) is 18.7 Å². The lowest BCUT2D eigenvalue weighted by atomic mass is 10.7. The molecule has 0 aliphatic rings. The summed E-state index contributed by atoms with van der Waals surface area (Å²) in [4.78, 5) is 18.4. The molecule has 0 aliphatic heterocycles. The summed E-state index contributed by atoms with van der Waals surface area (Å²) < 4.78 is 0. The summed E-state index contributed by atoms with van der Waals surface area (Å²) >= 11 is 0.912. The quantitative estimate of drug-likeness (QED) is 0.604. The fourth-order valence-electron chi connectivity index (χ4n) is 0.454. The van der Waals surface area contributed by atoms with Gasteiger partial charge in [0, 0.05) is 12.4 Å². The number of nitrogens with zero attached hydrogens (tertiary/aromatic N) is 2. The number of hydrogen-bond donors (Lipinski definition) is 1. The summed E-state index contributed by atoms with van der Waals surface area (Å²) in [6, 6.07) is 0. The van der Waals surface area contributed by atoms with Gasteiger partial charge in [-0.05, 0) is 11.8 Å². The highest BCUT2D eigenvalue weighted by molar-refractivity contribution is 8.13. The highest BCUT2D eigenvalue weighted by Gasteiger charge is 1.96. The topological polar surface area (TPSA) is 68.9 Å². The number of rotatable bonds is 1. The molecule has 0 saturated carbocycles. The van der Waals surface area contributed by atoms with Crippen LogP contribution in [0.3, 0.4) is 0 Å². The minimum atomic E-state index is -0.449. The maximum absolute atomic E-state index is 10.3. The Balaban J connectivity index is 2.67. The van der Waals surface area contributed by atoms with E-state index < -0.39 is 5.24 Å². The molecule has 0 fully saturated rings. The van der Waals surface area contributed by atoms with Gasteiger partial charge < -0.3 is 5.73 Å². The first-order valence-electron chi connectivity index (χ1n) is 2.51. The van der Waals surface area contributed by atoms with Gasteiger partial charge >= 0.3 is 0 Å². The molecule has 1 heterocycles. The van der Waals surface area contributed by atoms with Crippen LogP contribution in [0.1, 0.15) is 0 Å². The van der Waals surface area contributed by atoms with Gasteiger partial charge in [0.1, 0.15) is 6.33 Å². The minimum absolute atomic E-state index is 0.449. The van der Waals surface area contributed by atoms with E-state index in [4.69, 9.17) is 5.73 Å². The van der Waals surface area contributed by atoms with Crippen molar-refractivity contribution in [2.75, 3.05) is 0 Å². The second-order valence-electron chi connectivity index (χ2n) is 1.50. The van der Waals surface area contributed by atoms with Gasteiger partial charge in [-0.2, -0.15) is 0 Å². The average Bonchev–Trinajstić information content (AvgIpc) is 1.88. The number of aromatic nitrogens is 2. The highest BCUT2D eigenvalue weighted by Crippen LogP contribution is 2.13. The molecule has 0 aromatic carbocycles. The molecular weight excluding hydrogens is 150 g/mol. The molecule has 4 nitrogen and oxygen atoms in total. The SMILES string of the molecule is NC(=O)Sc1cncnc1. The number of primary amides is 1. The first-order chi connectivity index (χ1) is 4.79. The first-order valence-corrected chi connectivity index (χ1v) is 3.33. The maximum Gasteiger partial charge on any atom is 0.281 e. The van der Waals surface area contributed by atoms with E-state index in [-0.39, 0.29) is 0 Å². The van der Waals surface area contributed by atoms with Gasteiger partial charge in [0.25, 0.3) is 5.24 Å². The predicted molar refractivity (Wildman–Crippen MR) is 37.5 cm³/mol. The zero-order valence-corrected chi connectivity index (χ0v) is 5.84. The summed E-state index contributed by atoms with van der Waals surface area (Å²) in [6.45, 7) is 0. The molecule has 10 heavy (non-hydrogen) atoms. The van der Waals surface area contributed by atoms with E-state index in [1.165, 1.54) is 18.7 Å². The maximum atomic E-state index is 10.3. The molecule has 0 atom stereocenters. The highest BCUT2D eigenvalue weighted by atomic mass is 32.2. The van der Waals surface area contributed by atoms with Gasteiger partial charge in [0.2, 0.25) is 0 Å². The largest absolute Gasteiger partial charge is 0.360 e. The van der Waals surface area contributed by atoms with E-state index >= 15 is 0 Å². The molecule has 0 unspecified atom stereocenters. The van der Waals surface area contributed by atoms with E-state index in [1.54, 1.807) is 0 Å². The van der Waals surface area contributed by atoms with Gasteiger partial charge in [0.05, 0.1) is 4.90 Å². The number of carbonyl (C=O) groups is 1. The Labute approximate surface area is 61.9 Å². The number of thioether (sulfide) groups is 1. The minimum Gasteiger partial charge on any atom is -0.360 e. The standard InChI is InChI=1S/C5H5N3OS/c6-5(9)10-4-1-7-3-8-2-4/h1-3H,(H2,6,9). The lowest BCUT2D eigenvalue weighted by Crippen LogP contribution is -2.01. The lowest BCUT2D eigenvalue weighted by Gasteiger charge is -1.91. The van der Waals surface area contributed by atoms with Crippen LogP contribution in [0.5, 0.6) is 0 Å². The monoisotopic (exact) mass is 155 g/mol. The molecule has 1 amide bonds. The Morgan fingerprint density at radius 1 is 1.50 bits per heavy atom. The van der Waals surface area contributed by atoms with E-state index in [2.05, 4.69) is 9.97 Å². The Kier molecular flexibility index (Phi) is 2.22. The Bertz CT molecular complexity index is 226. The van der Waals surface area contributed by atoms with Crippen molar-refractivity contribution in [1.82, 2.24) is 9.97 Å². The molecular formula is C5H5N3OS. The number of carbonyl (C=O) groups excluding carboxylic acids is 1. The van der Waals surface area contributed by atoms with Crippen LogP contribution in [-0.4, -0.2) is 15.2 Å². The van der Waals surface area contributed by atoms with Crippen molar-refractivity contribution in [3.63, 3.8) is 0 Å². The third-order valence-corrected chi connectivity index (χ3v) is 1.40. The number of nitrogens with two attached hydrogens (primary N) is 1. The van der Waals surface area contributed by atoms with Crippen LogP contribution < -0.4 is 5.73 Å². The molecule has 5 heteroatoms. The van der Waals surface area contributed by atoms with Gasteiger partial charge in [-0.25, -0.2) is 9.97 Å². The Morgan fingerprint density at radius 3 is 2.60 bits per heavy atom. The molecule has 0 radical (unpaired) electrons. The second kappa shape index (κ2) is 3.17. The Morgan fingerprint density at radius 2 is 2.10 bits per heavy atom. The van der Waals surface area contributed by atoms with Crippen LogP contribution in [0.15, 0.2) is 23.6 Å². The fourth-order valence-corrected chi connectivity index (χ4v) is 0.914. The Hall–Kier alpha value is -1.10. The zero-order chi connectivity index (χ0) is 7.40. The van der Waals surface area contributed by atoms with E-state index in [0.29, 0.717) is 4.90 Å². The van der Waals surface area contributed by atoms with Gasteiger partial charge in [-0.3, -0.25) is 4.79 Å². The molecule has 0 bridgehead atoms. The third kappa shape index (κ3) is 2.02. The van der Waals surface area contributed by atoms with E-state index in [9.17, 15) is 4.79 Å². The molecule has 1 rings (SSSR count). The van der Waals surface area contributed by atoms with Crippen molar-refractivity contribution in [3.8, 4) is 0 Å². The number of amides is 1. The summed E-state index contributed by atoms with van der Waals surface area (Å²) in [7, 11) is 0. The van der Waals surface area contributed by atoms with Crippen LogP contribution in [-0.2, 0) is 0 Å². The van der Waals surface area contributed by atoms with Crippen molar-refractivity contribution in [1.29, 1.82) is 0 Å². The van der Waals surface area contributed by atoms with Crippen LogP contribution in [0.2, 0.25) is 0 Å². The summed E-state index contributed by atoms with van der Waals surface area (Å²) in [5.41, 5.74) is 4.89. The average molecular weight is 155 g/mol. The molecule has 1 aromatic heterocycles. The van der Waals surface area contributed by atoms with Crippen molar-refractivity contribution in [2.24, 2.45) is 5.73 Å². The summed E-state index contributed by atoms with van der Waals surface area (Å²) in [5.74, 6) is 0. The molecule has 0 saturated heterocycles. The smallest absolute Gasteiger partial charge is 0.281 e. The lowest BCUT2D eigenvalue weighted by molar-refractivity contribution is 0.267. The number of hydrogen-bond acceptors (Lipinski definition) is 4. The first kappa shape index (κ1) is 7.01. The van der Waals surface area contributed by atoms with Gasteiger partial charge in [-0.1, -0.05) is 0 Å². The van der Waals surface area contributed by atoms with Crippen LogP contribution in [0.4, 0.5) is 4.79 Å². The fraction of sp³-hybridized carbons (Fsp3) is 0. The van der Waals surface area contributed by atoms with Crippen LogP contribution in [0, 0.1) is 0 Å². The summed E-state index contributed by atoms with van der Waals surface area (Å²) in [5, 5.41) is -0.449. The molecule has 1 aromatic rings. The van der Waals surface area contributed by atoms with E-state index in [0.717, 1.165) is 11.8 Å². The second-order valence-corrected chi connectivity index (χ2v) is 2.57. The molecule has 0 spiro atoms. The molecule has 0 aliphatic carbocycles. The predicted octanol–water partition coefficient (Wildman–Crippen LogP) is 0.647.